The normalized spacial score (nSPS) is 18.9. The van der Waals surface area contributed by atoms with Crippen molar-refractivity contribution in [3.05, 3.63) is 59.9 Å². The van der Waals surface area contributed by atoms with Gasteiger partial charge in [0, 0.05) is 18.4 Å². The number of hydrogen-bond acceptors (Lipinski definition) is 5. The van der Waals surface area contributed by atoms with Gasteiger partial charge < -0.3 is 10.1 Å². The smallest absolute Gasteiger partial charge is 0.255 e. The molecular formula is C17H18N2O4S. The number of para-hydroxylation sites is 1. The molecule has 0 radical (unpaired) electrons. The Hall–Kier alpha value is -2.41. The molecule has 6 nitrogen and oxygen atoms in total. The Bertz CT molecular complexity index is 821. The maximum absolute atomic E-state index is 12.4. The summed E-state index contributed by atoms with van der Waals surface area (Å²) >= 11 is 0. The molecule has 2 heterocycles. The first-order chi connectivity index (χ1) is 11.5. The Morgan fingerprint density at radius 2 is 1.96 bits per heavy atom. The van der Waals surface area contributed by atoms with Crippen LogP contribution in [0, 0.1) is 0 Å². The highest BCUT2D eigenvalue weighted by molar-refractivity contribution is 7.91. The lowest BCUT2D eigenvalue weighted by atomic mass is 10.1. The Morgan fingerprint density at radius 3 is 2.67 bits per heavy atom. The number of hydrogen-bond donors (Lipinski definition) is 1. The number of carbonyl (C=O) groups excluding carboxylic acids is 1. The number of sulfone groups is 1. The zero-order valence-electron chi connectivity index (χ0n) is 13.0. The minimum absolute atomic E-state index is 0.00121. The predicted octanol–water partition coefficient (Wildman–Crippen LogP) is 1.58. The summed E-state index contributed by atoms with van der Waals surface area (Å²) in [6.45, 7) is 0.324. The number of benzene rings is 1. The van der Waals surface area contributed by atoms with Gasteiger partial charge in [-0.05, 0) is 36.2 Å². The molecule has 1 atom stereocenters. The molecule has 1 N–H and O–H groups in total. The van der Waals surface area contributed by atoms with Gasteiger partial charge in [-0.3, -0.25) is 9.78 Å². The number of ether oxygens (including phenoxy) is 1. The summed E-state index contributed by atoms with van der Waals surface area (Å²) in [4.78, 5) is 16.4. The fraction of sp³-hybridized carbons (Fsp3) is 0.294. The molecule has 0 spiro atoms. The molecule has 1 fully saturated rings. The van der Waals surface area contributed by atoms with Crippen molar-refractivity contribution in [2.45, 2.75) is 19.1 Å². The van der Waals surface area contributed by atoms with E-state index in [-0.39, 0.29) is 23.5 Å². The third-order valence-electron chi connectivity index (χ3n) is 3.84. The molecule has 1 amide bonds. The van der Waals surface area contributed by atoms with Crippen molar-refractivity contribution in [2.24, 2.45) is 0 Å². The summed E-state index contributed by atoms with van der Waals surface area (Å²) in [5, 5.41) is 2.78. The number of rotatable bonds is 5. The van der Waals surface area contributed by atoms with Crippen LogP contribution in [0.1, 0.15) is 22.3 Å². The summed E-state index contributed by atoms with van der Waals surface area (Å²) in [7, 11) is -3.03. The van der Waals surface area contributed by atoms with Crippen LogP contribution in [0.5, 0.6) is 5.75 Å². The molecule has 1 unspecified atom stereocenters. The van der Waals surface area contributed by atoms with Gasteiger partial charge >= 0.3 is 0 Å². The van der Waals surface area contributed by atoms with E-state index >= 15 is 0 Å². The Kier molecular flexibility index (Phi) is 4.80. The highest BCUT2D eigenvalue weighted by Gasteiger charge is 2.29. The molecule has 1 aromatic heterocycles. The monoisotopic (exact) mass is 346 g/mol. The van der Waals surface area contributed by atoms with Gasteiger partial charge in [0.25, 0.3) is 5.91 Å². The summed E-state index contributed by atoms with van der Waals surface area (Å²) in [5.74, 6) is 0.270. The molecule has 0 aliphatic carbocycles. The minimum Gasteiger partial charge on any atom is -0.488 e. The first kappa shape index (κ1) is 16.4. The zero-order chi connectivity index (χ0) is 17.0. The van der Waals surface area contributed by atoms with E-state index in [9.17, 15) is 13.2 Å². The fourth-order valence-corrected chi connectivity index (χ4v) is 4.27. The van der Waals surface area contributed by atoms with Gasteiger partial charge in [0.1, 0.15) is 12.4 Å². The fourth-order valence-electron chi connectivity index (χ4n) is 2.59. The molecule has 3 rings (SSSR count). The molecule has 2 aromatic rings. The summed E-state index contributed by atoms with van der Waals surface area (Å²) in [5.41, 5.74) is 1.35. The van der Waals surface area contributed by atoms with Crippen LogP contribution in [0.15, 0.2) is 48.8 Å². The first-order valence-corrected chi connectivity index (χ1v) is 9.48. The third kappa shape index (κ3) is 4.11. The van der Waals surface area contributed by atoms with E-state index in [4.69, 9.17) is 4.74 Å². The van der Waals surface area contributed by atoms with Crippen molar-refractivity contribution >= 4 is 15.7 Å². The van der Waals surface area contributed by atoms with E-state index < -0.39 is 9.84 Å². The molecule has 0 saturated carbocycles. The molecule has 24 heavy (non-hydrogen) atoms. The predicted molar refractivity (Wildman–Crippen MR) is 89.5 cm³/mol. The molecule has 1 aromatic carbocycles. The number of aromatic nitrogens is 1. The van der Waals surface area contributed by atoms with E-state index in [2.05, 4.69) is 10.3 Å². The second-order valence-electron chi connectivity index (χ2n) is 5.71. The van der Waals surface area contributed by atoms with Crippen molar-refractivity contribution in [3.63, 3.8) is 0 Å². The van der Waals surface area contributed by atoms with Gasteiger partial charge in [-0.1, -0.05) is 12.1 Å². The lowest BCUT2D eigenvalue weighted by Gasteiger charge is -2.14. The molecule has 126 valence electrons. The van der Waals surface area contributed by atoms with Crippen LogP contribution >= 0.6 is 0 Å². The van der Waals surface area contributed by atoms with E-state index in [0.29, 0.717) is 24.3 Å². The van der Waals surface area contributed by atoms with Gasteiger partial charge in [0.05, 0.1) is 17.1 Å². The molecule has 1 aliphatic heterocycles. The highest BCUT2D eigenvalue weighted by atomic mass is 32.2. The van der Waals surface area contributed by atoms with Crippen LogP contribution < -0.4 is 10.1 Å². The number of nitrogens with one attached hydrogen (secondary N) is 1. The highest BCUT2D eigenvalue weighted by Crippen LogP contribution is 2.20. The van der Waals surface area contributed by atoms with Gasteiger partial charge in [-0.15, -0.1) is 0 Å². The van der Waals surface area contributed by atoms with Crippen molar-refractivity contribution in [3.8, 4) is 5.75 Å². The number of pyridine rings is 1. The van der Waals surface area contributed by atoms with Crippen LogP contribution in [0.25, 0.3) is 0 Å². The lowest BCUT2D eigenvalue weighted by molar-refractivity contribution is 0.0936. The molecule has 7 heteroatoms. The van der Waals surface area contributed by atoms with Crippen LogP contribution in [-0.4, -0.2) is 36.9 Å². The molecule has 1 saturated heterocycles. The quantitative estimate of drug-likeness (QED) is 0.888. The average molecular weight is 346 g/mol. The standard InChI is InChI=1S/C17H18N2O4S/c20-17(19-14-7-10-24(21,22)12-14)15-3-1-2-4-16(15)23-11-13-5-8-18-9-6-13/h1-6,8-9,14H,7,10-12H2,(H,19,20). The van der Waals surface area contributed by atoms with Crippen molar-refractivity contribution in [2.75, 3.05) is 11.5 Å². The van der Waals surface area contributed by atoms with Crippen LogP contribution in [0.3, 0.4) is 0 Å². The van der Waals surface area contributed by atoms with Gasteiger partial charge in [0.15, 0.2) is 9.84 Å². The number of carbonyl (C=O) groups is 1. The largest absolute Gasteiger partial charge is 0.488 e. The second-order valence-corrected chi connectivity index (χ2v) is 7.94. The number of nitrogens with zero attached hydrogens (tertiary/aromatic N) is 1. The van der Waals surface area contributed by atoms with Crippen LogP contribution in [0.4, 0.5) is 0 Å². The van der Waals surface area contributed by atoms with Crippen molar-refractivity contribution in [1.82, 2.24) is 10.3 Å². The summed E-state index contributed by atoms with van der Waals surface area (Å²) in [6, 6.07) is 10.3. The van der Waals surface area contributed by atoms with Crippen LogP contribution in [0.2, 0.25) is 0 Å². The van der Waals surface area contributed by atoms with Gasteiger partial charge in [-0.2, -0.15) is 0 Å². The molecule has 1 aliphatic rings. The number of amides is 1. The SMILES string of the molecule is O=C(NC1CCS(=O)(=O)C1)c1ccccc1OCc1ccncc1. The Balaban J connectivity index is 1.68. The first-order valence-electron chi connectivity index (χ1n) is 7.65. The third-order valence-corrected chi connectivity index (χ3v) is 5.61. The maximum atomic E-state index is 12.4. The van der Waals surface area contributed by atoms with Crippen molar-refractivity contribution in [1.29, 1.82) is 0 Å². The lowest BCUT2D eigenvalue weighted by Crippen LogP contribution is -2.35. The topological polar surface area (TPSA) is 85.4 Å². The van der Waals surface area contributed by atoms with E-state index in [1.54, 1.807) is 36.7 Å². The van der Waals surface area contributed by atoms with Crippen LogP contribution in [-0.2, 0) is 16.4 Å². The second kappa shape index (κ2) is 7.00. The van der Waals surface area contributed by atoms with E-state index in [1.165, 1.54) is 0 Å². The summed E-state index contributed by atoms with van der Waals surface area (Å²) < 4.78 is 28.8. The van der Waals surface area contributed by atoms with E-state index in [1.807, 2.05) is 12.1 Å². The Morgan fingerprint density at radius 1 is 1.21 bits per heavy atom. The average Bonchev–Trinajstić information content (AvgIpc) is 2.92. The van der Waals surface area contributed by atoms with Crippen molar-refractivity contribution < 1.29 is 17.9 Å². The Labute approximate surface area is 140 Å². The van der Waals surface area contributed by atoms with E-state index in [0.717, 1.165) is 5.56 Å². The molecular weight excluding hydrogens is 328 g/mol. The van der Waals surface area contributed by atoms with Gasteiger partial charge in [0.2, 0.25) is 0 Å². The minimum atomic E-state index is -3.03. The molecule has 0 bridgehead atoms. The zero-order valence-corrected chi connectivity index (χ0v) is 13.8. The van der Waals surface area contributed by atoms with Gasteiger partial charge in [-0.25, -0.2) is 8.42 Å². The summed E-state index contributed by atoms with van der Waals surface area (Å²) in [6.07, 6.45) is 3.81. The maximum Gasteiger partial charge on any atom is 0.255 e.